The highest BCUT2D eigenvalue weighted by atomic mass is 16.2. The van der Waals surface area contributed by atoms with Crippen LogP contribution in [0.3, 0.4) is 0 Å². The minimum absolute atomic E-state index is 0.00971. The number of carbonyl (C=O) groups is 2. The molecule has 1 spiro atoms. The van der Waals surface area contributed by atoms with Gasteiger partial charge in [-0.05, 0) is 39.2 Å². The van der Waals surface area contributed by atoms with Crippen molar-refractivity contribution in [3.63, 3.8) is 0 Å². The van der Waals surface area contributed by atoms with E-state index in [1.165, 1.54) is 0 Å². The SMILES string of the molecule is CCCN1CCC2(CCN(C(=O)CCn3c(C)cc(C)nc3=O)C2)C1=O. The third-order valence-electron chi connectivity index (χ3n) is 5.70. The highest BCUT2D eigenvalue weighted by Crippen LogP contribution is 2.40. The zero-order chi connectivity index (χ0) is 18.9. The van der Waals surface area contributed by atoms with Gasteiger partial charge in [-0.25, -0.2) is 4.79 Å². The Bertz CT molecular complexity index is 773. The lowest BCUT2D eigenvalue weighted by Gasteiger charge is -2.23. The maximum Gasteiger partial charge on any atom is 0.347 e. The van der Waals surface area contributed by atoms with Gasteiger partial charge in [-0.2, -0.15) is 4.98 Å². The lowest BCUT2D eigenvalue weighted by molar-refractivity contribution is -0.136. The predicted octanol–water partition coefficient (Wildman–Crippen LogP) is 1.11. The van der Waals surface area contributed by atoms with Crippen molar-refractivity contribution >= 4 is 11.8 Å². The molecular formula is C19H28N4O3. The number of hydrogen-bond donors (Lipinski definition) is 0. The molecule has 2 amide bonds. The van der Waals surface area contributed by atoms with E-state index in [4.69, 9.17) is 0 Å². The van der Waals surface area contributed by atoms with Crippen molar-refractivity contribution < 1.29 is 9.59 Å². The highest BCUT2D eigenvalue weighted by molar-refractivity contribution is 5.87. The molecule has 0 N–H and O–H groups in total. The topological polar surface area (TPSA) is 75.5 Å². The lowest BCUT2D eigenvalue weighted by Crippen LogP contribution is -2.39. The summed E-state index contributed by atoms with van der Waals surface area (Å²) in [6, 6.07) is 1.84. The molecule has 1 aromatic rings. The number of hydrogen-bond acceptors (Lipinski definition) is 4. The van der Waals surface area contributed by atoms with Crippen LogP contribution in [-0.4, -0.2) is 57.3 Å². The van der Waals surface area contributed by atoms with Crippen molar-refractivity contribution in [2.45, 2.75) is 53.0 Å². The van der Waals surface area contributed by atoms with Gasteiger partial charge in [-0.15, -0.1) is 0 Å². The zero-order valence-electron chi connectivity index (χ0n) is 16.0. The summed E-state index contributed by atoms with van der Waals surface area (Å²) in [5.41, 5.74) is 0.819. The summed E-state index contributed by atoms with van der Waals surface area (Å²) in [6.07, 6.45) is 2.82. The van der Waals surface area contributed by atoms with Crippen molar-refractivity contribution in [1.29, 1.82) is 0 Å². The average Bonchev–Trinajstić information content (AvgIpc) is 3.14. The summed E-state index contributed by atoms with van der Waals surface area (Å²) in [5, 5.41) is 0. The Morgan fingerprint density at radius 1 is 1.19 bits per heavy atom. The summed E-state index contributed by atoms with van der Waals surface area (Å²) in [4.78, 5) is 45.0. The first-order valence-electron chi connectivity index (χ1n) is 9.48. The Morgan fingerprint density at radius 3 is 2.62 bits per heavy atom. The van der Waals surface area contributed by atoms with E-state index in [-0.39, 0.29) is 29.3 Å². The van der Waals surface area contributed by atoms with Gasteiger partial charge in [0, 0.05) is 50.5 Å². The monoisotopic (exact) mass is 360 g/mol. The molecule has 0 saturated carbocycles. The Kier molecular flexibility index (Phi) is 5.16. The third-order valence-corrected chi connectivity index (χ3v) is 5.70. The summed E-state index contributed by atoms with van der Waals surface area (Å²) in [7, 11) is 0. The second-order valence-corrected chi connectivity index (χ2v) is 7.61. The molecule has 0 aliphatic carbocycles. The van der Waals surface area contributed by atoms with Crippen LogP contribution in [0.5, 0.6) is 0 Å². The molecule has 3 rings (SSSR count). The van der Waals surface area contributed by atoms with E-state index in [9.17, 15) is 14.4 Å². The van der Waals surface area contributed by atoms with Crippen molar-refractivity contribution in [3.05, 3.63) is 27.9 Å². The van der Waals surface area contributed by atoms with Gasteiger partial charge in [0.1, 0.15) is 0 Å². The van der Waals surface area contributed by atoms with Crippen LogP contribution in [0.1, 0.15) is 44.0 Å². The number of nitrogens with zero attached hydrogens (tertiary/aromatic N) is 4. The fraction of sp³-hybridized carbons (Fsp3) is 0.684. The molecule has 7 heteroatoms. The summed E-state index contributed by atoms with van der Waals surface area (Å²) in [5.74, 6) is 0.222. The van der Waals surface area contributed by atoms with Gasteiger partial charge in [0.25, 0.3) is 0 Å². The van der Waals surface area contributed by atoms with Gasteiger partial charge < -0.3 is 9.80 Å². The van der Waals surface area contributed by atoms with Gasteiger partial charge in [-0.1, -0.05) is 6.92 Å². The molecule has 26 heavy (non-hydrogen) atoms. The molecule has 142 valence electrons. The fourth-order valence-electron chi connectivity index (χ4n) is 4.25. The third kappa shape index (κ3) is 3.39. The van der Waals surface area contributed by atoms with Crippen LogP contribution in [0.25, 0.3) is 0 Å². The van der Waals surface area contributed by atoms with E-state index < -0.39 is 0 Å². The average molecular weight is 360 g/mol. The molecule has 2 saturated heterocycles. The van der Waals surface area contributed by atoms with Gasteiger partial charge in [0.2, 0.25) is 11.8 Å². The van der Waals surface area contributed by atoms with Gasteiger partial charge in [0.15, 0.2) is 0 Å². The molecule has 1 unspecified atom stereocenters. The molecule has 3 heterocycles. The number of amides is 2. The van der Waals surface area contributed by atoms with E-state index in [2.05, 4.69) is 11.9 Å². The van der Waals surface area contributed by atoms with Gasteiger partial charge >= 0.3 is 5.69 Å². The number of aromatic nitrogens is 2. The second-order valence-electron chi connectivity index (χ2n) is 7.61. The van der Waals surface area contributed by atoms with Crippen molar-refractivity contribution in [2.24, 2.45) is 5.41 Å². The van der Waals surface area contributed by atoms with E-state index in [1.54, 1.807) is 16.4 Å². The quantitative estimate of drug-likeness (QED) is 0.788. The Hall–Kier alpha value is -2.18. The minimum Gasteiger partial charge on any atom is -0.342 e. The Labute approximate surface area is 154 Å². The summed E-state index contributed by atoms with van der Waals surface area (Å²) < 4.78 is 1.54. The van der Waals surface area contributed by atoms with Crippen LogP contribution in [0.2, 0.25) is 0 Å². The second kappa shape index (κ2) is 7.21. The molecule has 2 fully saturated rings. The number of likely N-dealkylation sites (tertiary alicyclic amines) is 2. The Morgan fingerprint density at radius 2 is 1.92 bits per heavy atom. The van der Waals surface area contributed by atoms with Crippen LogP contribution in [0.4, 0.5) is 0 Å². The van der Waals surface area contributed by atoms with Crippen LogP contribution in [0.15, 0.2) is 10.9 Å². The highest BCUT2D eigenvalue weighted by Gasteiger charge is 2.51. The zero-order valence-corrected chi connectivity index (χ0v) is 16.0. The number of rotatable bonds is 5. The van der Waals surface area contributed by atoms with Gasteiger partial charge in [-0.3, -0.25) is 14.2 Å². The summed E-state index contributed by atoms with van der Waals surface area (Å²) in [6.45, 7) is 8.80. The first-order chi connectivity index (χ1) is 12.4. The minimum atomic E-state index is -0.372. The largest absolute Gasteiger partial charge is 0.347 e. The normalized spacial score (nSPS) is 22.7. The van der Waals surface area contributed by atoms with E-state index in [0.29, 0.717) is 25.3 Å². The molecule has 1 aromatic heterocycles. The number of carbonyl (C=O) groups excluding carboxylic acids is 2. The number of aryl methyl sites for hydroxylation is 2. The molecule has 0 bridgehead atoms. The molecule has 0 radical (unpaired) electrons. The van der Waals surface area contributed by atoms with E-state index >= 15 is 0 Å². The first-order valence-corrected chi connectivity index (χ1v) is 9.48. The van der Waals surface area contributed by atoms with Crippen LogP contribution in [-0.2, 0) is 16.1 Å². The summed E-state index contributed by atoms with van der Waals surface area (Å²) >= 11 is 0. The Balaban J connectivity index is 1.61. The van der Waals surface area contributed by atoms with Crippen LogP contribution in [0, 0.1) is 19.3 Å². The molecule has 2 aliphatic rings. The predicted molar refractivity (Wildman–Crippen MR) is 97.7 cm³/mol. The van der Waals surface area contributed by atoms with Crippen LogP contribution < -0.4 is 5.69 Å². The van der Waals surface area contributed by atoms with E-state index in [0.717, 1.165) is 38.0 Å². The van der Waals surface area contributed by atoms with Crippen LogP contribution >= 0.6 is 0 Å². The standard InChI is InChI=1S/C19H28N4O3/c1-4-8-21-10-6-19(17(21)25)7-11-22(13-19)16(24)5-9-23-15(3)12-14(2)20-18(23)26/h12H,4-11,13H2,1-3H3. The van der Waals surface area contributed by atoms with Crippen molar-refractivity contribution in [1.82, 2.24) is 19.4 Å². The fourth-order valence-corrected chi connectivity index (χ4v) is 4.25. The van der Waals surface area contributed by atoms with Gasteiger partial charge in [0.05, 0.1) is 5.41 Å². The first kappa shape index (κ1) is 18.6. The maximum absolute atomic E-state index is 12.7. The van der Waals surface area contributed by atoms with E-state index in [1.807, 2.05) is 17.9 Å². The van der Waals surface area contributed by atoms with Crippen molar-refractivity contribution in [2.75, 3.05) is 26.2 Å². The maximum atomic E-state index is 12.7. The molecule has 1 atom stereocenters. The van der Waals surface area contributed by atoms with Crippen molar-refractivity contribution in [3.8, 4) is 0 Å². The molecule has 0 aromatic carbocycles. The molecule has 7 nitrogen and oxygen atoms in total. The molecular weight excluding hydrogens is 332 g/mol. The lowest BCUT2D eigenvalue weighted by atomic mass is 9.85. The smallest absolute Gasteiger partial charge is 0.342 e. The molecule has 2 aliphatic heterocycles.